The average Bonchev–Trinajstić information content (AvgIpc) is 3.70. The van der Waals surface area contributed by atoms with E-state index in [0.29, 0.717) is 24.8 Å². The number of carbonyl (C=O) groups excluding carboxylic acids is 4. The van der Waals surface area contributed by atoms with E-state index in [0.717, 1.165) is 148 Å². The molecule has 5 N–H and O–H groups in total. The summed E-state index contributed by atoms with van der Waals surface area (Å²) in [6.45, 7) is 12.7. The lowest BCUT2D eigenvalue weighted by atomic mass is 9.95. The minimum atomic E-state index is -1.79. The fourth-order valence-electron chi connectivity index (χ4n) is 12.6. The van der Waals surface area contributed by atoms with Gasteiger partial charge in [0, 0.05) is 25.3 Å². The highest BCUT2D eigenvalue weighted by Crippen LogP contribution is 2.38. The number of ether oxygens (including phenoxy) is 12. The first-order chi connectivity index (χ1) is 43.4. The molecule has 0 radical (unpaired) electrons. The molecule has 0 aromatic heterocycles. The summed E-state index contributed by atoms with van der Waals surface area (Å²) >= 11 is 0. The topological polar surface area (TPSA) is 280 Å². The summed E-state index contributed by atoms with van der Waals surface area (Å²) in [5.74, 6) is -2.80. The highest BCUT2D eigenvalue weighted by Gasteiger charge is 2.57. The zero-order chi connectivity index (χ0) is 65.0. The highest BCUT2D eigenvalue weighted by atomic mass is 16.8. The molecule has 21 atom stereocenters. The van der Waals surface area contributed by atoms with Crippen molar-refractivity contribution in [2.75, 3.05) is 0 Å². The van der Waals surface area contributed by atoms with E-state index in [1.165, 1.54) is 12.2 Å². The maximum atomic E-state index is 14.0. The number of aliphatic hydroxyl groups is 5. The predicted molar refractivity (Wildman–Crippen MR) is 333 cm³/mol. The van der Waals surface area contributed by atoms with Crippen molar-refractivity contribution in [3.63, 3.8) is 0 Å². The first-order valence-corrected chi connectivity index (χ1v) is 34.6. The van der Waals surface area contributed by atoms with E-state index < -0.39 is 147 Å². The molecule has 5 heterocycles. The highest BCUT2D eigenvalue weighted by molar-refractivity contribution is 5.87. The van der Waals surface area contributed by atoms with Crippen molar-refractivity contribution in [2.45, 2.75) is 364 Å². The van der Waals surface area contributed by atoms with Crippen LogP contribution in [0.1, 0.15) is 240 Å². The maximum Gasteiger partial charge on any atom is 0.331 e. The van der Waals surface area contributed by atoms with Gasteiger partial charge in [-0.25, -0.2) is 4.79 Å². The number of hydrogen-bond acceptors (Lipinski definition) is 21. The van der Waals surface area contributed by atoms with Crippen molar-refractivity contribution >= 4 is 30.0 Å². The first kappa shape index (κ1) is 75.3. The van der Waals surface area contributed by atoms with Crippen LogP contribution in [0, 0.1) is 0 Å². The SMILES string of the molecule is CCCCCCCCCC(=O)O[C@@H]1[C@@H](O)[C@@H](OC(=O)C=Cc2ccccc2)[C@H](O[C@@H]2[C@@H](O)[C@@H](OC(=O)CCCCCCCCC)[C@H](O[C@@H]3[C@@H](O)[C@H]4OC(=O)CCCCCCCCC[C@H](CCCCC)O[C@@H]5O[C@H](C)[C@H](O)[C@H](O)[C@H]5O[C@@H]4O[C@H]3C)O[C@H]2C)O[C@H]1C. The molecule has 5 saturated heterocycles. The van der Waals surface area contributed by atoms with Gasteiger partial charge in [0.1, 0.15) is 48.8 Å². The quantitative estimate of drug-likeness (QED) is 0.0216. The van der Waals surface area contributed by atoms with Gasteiger partial charge in [0.15, 0.2) is 49.6 Å². The van der Waals surface area contributed by atoms with E-state index >= 15 is 0 Å². The molecule has 6 rings (SSSR count). The number of benzene rings is 1. The van der Waals surface area contributed by atoms with Crippen LogP contribution in [-0.2, 0) is 76.0 Å². The van der Waals surface area contributed by atoms with Crippen LogP contribution >= 0.6 is 0 Å². The third-order valence-corrected chi connectivity index (χ3v) is 18.0. The molecular weight excluding hydrogens is 1160 g/mol. The van der Waals surface area contributed by atoms with Crippen LogP contribution < -0.4 is 0 Å². The minimum Gasteiger partial charge on any atom is -0.457 e. The van der Waals surface area contributed by atoms with E-state index in [-0.39, 0.29) is 25.4 Å². The number of unbranched alkanes of at least 4 members (excludes halogenated alkanes) is 14. The Hall–Kier alpha value is -3.68. The minimum absolute atomic E-state index is 0.0112. The molecule has 0 unspecified atom stereocenters. The summed E-state index contributed by atoms with van der Waals surface area (Å²) in [5, 5.41) is 60.2. The molecule has 5 fully saturated rings. The number of aliphatic hydroxyl groups excluding tert-OH is 5. The van der Waals surface area contributed by atoms with Gasteiger partial charge in [-0.3, -0.25) is 14.4 Å². The van der Waals surface area contributed by atoms with Gasteiger partial charge in [-0.05, 0) is 71.4 Å². The largest absolute Gasteiger partial charge is 0.457 e. The van der Waals surface area contributed by atoms with Gasteiger partial charge < -0.3 is 82.4 Å². The van der Waals surface area contributed by atoms with Crippen LogP contribution in [0.25, 0.3) is 6.08 Å². The Morgan fingerprint density at radius 1 is 0.478 bits per heavy atom. The smallest absolute Gasteiger partial charge is 0.331 e. The summed E-state index contributed by atoms with van der Waals surface area (Å²) < 4.78 is 75.8. The lowest BCUT2D eigenvalue weighted by molar-refractivity contribution is -0.387. The van der Waals surface area contributed by atoms with Crippen molar-refractivity contribution < 1.29 is 102 Å². The van der Waals surface area contributed by atoms with Crippen LogP contribution in [0.2, 0.25) is 0 Å². The Kier molecular flexibility index (Phi) is 33.9. The number of fused-ring (bicyclic) bond motifs is 2. The molecule has 21 heteroatoms. The van der Waals surface area contributed by atoms with Gasteiger partial charge >= 0.3 is 23.9 Å². The molecular formula is C69H112O21. The normalized spacial score (nSPS) is 35.1. The van der Waals surface area contributed by atoms with Gasteiger partial charge in [0.25, 0.3) is 0 Å². The maximum absolute atomic E-state index is 14.0. The zero-order valence-corrected chi connectivity index (χ0v) is 54.9. The zero-order valence-electron chi connectivity index (χ0n) is 54.9. The molecule has 1 aromatic rings. The Morgan fingerprint density at radius 3 is 1.57 bits per heavy atom. The van der Waals surface area contributed by atoms with Crippen LogP contribution in [0.4, 0.5) is 0 Å². The van der Waals surface area contributed by atoms with Crippen LogP contribution in [0.5, 0.6) is 0 Å². The van der Waals surface area contributed by atoms with Crippen molar-refractivity contribution in [2.24, 2.45) is 0 Å². The van der Waals surface area contributed by atoms with Crippen LogP contribution in [0.15, 0.2) is 36.4 Å². The Morgan fingerprint density at radius 2 is 0.956 bits per heavy atom. The van der Waals surface area contributed by atoms with Gasteiger partial charge in [-0.15, -0.1) is 0 Å². The number of rotatable bonds is 29. The fourth-order valence-corrected chi connectivity index (χ4v) is 12.6. The van der Waals surface area contributed by atoms with Crippen molar-refractivity contribution in [1.29, 1.82) is 0 Å². The van der Waals surface area contributed by atoms with Crippen LogP contribution in [-0.4, -0.2) is 178 Å². The summed E-state index contributed by atoms with van der Waals surface area (Å²) in [5.41, 5.74) is 0.692. The van der Waals surface area contributed by atoms with Gasteiger partial charge in [-0.1, -0.05) is 186 Å². The molecule has 514 valence electrons. The molecule has 1 aromatic carbocycles. The molecule has 0 aliphatic carbocycles. The van der Waals surface area contributed by atoms with E-state index in [1.54, 1.807) is 52.0 Å². The standard InChI is InChI=1S/C69H112O21/c1-8-11-14-16-19-24-32-39-50(70)84-59-45(5)80-67(63(56(59)76)87-53(73)43-42-48-35-29-27-30-36-48)88-60-46(6)81-68(64(57(60)77)85-51(71)40-33-25-20-17-15-12-9-2)89-61-47(7)82-69-65(58(61)78)86-52(72)41-34-26-22-18-21-23-31-38-49(37-28-13-10-3)83-66-62(90-69)55(75)54(74)44(4)79-66/h27,29-30,35-36,42-47,49,54-69,74-78H,8-26,28,31-34,37-41H2,1-7H3/t44-,45+,46+,47+,49+,54+,55+,56-,57-,58-,59+,60+,61+,62-,63-,64-,65-,66+,67+,68+,69+/m1/s1. The molecule has 0 bridgehead atoms. The summed E-state index contributed by atoms with van der Waals surface area (Å²) in [6.07, 6.45) is -2.49. The number of hydrogen-bond donors (Lipinski definition) is 5. The summed E-state index contributed by atoms with van der Waals surface area (Å²) in [6, 6.07) is 9.00. The van der Waals surface area contributed by atoms with Gasteiger partial charge in [0.2, 0.25) is 0 Å². The second kappa shape index (κ2) is 40.5. The summed E-state index contributed by atoms with van der Waals surface area (Å²) in [7, 11) is 0. The van der Waals surface area contributed by atoms with Crippen LogP contribution in [0.3, 0.4) is 0 Å². The number of esters is 4. The summed E-state index contributed by atoms with van der Waals surface area (Å²) in [4.78, 5) is 54.8. The molecule has 0 amide bonds. The lowest BCUT2D eigenvalue weighted by Crippen LogP contribution is -2.67. The monoisotopic (exact) mass is 1280 g/mol. The van der Waals surface area contributed by atoms with E-state index in [9.17, 15) is 44.7 Å². The second-order valence-electron chi connectivity index (χ2n) is 25.6. The second-order valence-corrected chi connectivity index (χ2v) is 25.6. The average molecular weight is 1280 g/mol. The van der Waals surface area contributed by atoms with E-state index in [2.05, 4.69) is 20.8 Å². The van der Waals surface area contributed by atoms with E-state index in [1.807, 2.05) is 6.07 Å². The predicted octanol–water partition coefficient (Wildman–Crippen LogP) is 10.1. The van der Waals surface area contributed by atoms with E-state index in [4.69, 9.17) is 56.8 Å². The molecule has 21 nitrogen and oxygen atoms in total. The van der Waals surface area contributed by atoms with Crippen molar-refractivity contribution in [3.05, 3.63) is 42.0 Å². The molecule has 0 spiro atoms. The molecule has 90 heavy (non-hydrogen) atoms. The molecule has 0 saturated carbocycles. The Balaban J connectivity index is 1.26. The lowest BCUT2D eigenvalue weighted by Gasteiger charge is -2.49. The Bertz CT molecular complexity index is 2220. The number of carbonyl (C=O) groups is 4. The first-order valence-electron chi connectivity index (χ1n) is 34.6. The van der Waals surface area contributed by atoms with Crippen molar-refractivity contribution in [3.8, 4) is 0 Å². The third-order valence-electron chi connectivity index (χ3n) is 18.0. The van der Waals surface area contributed by atoms with Gasteiger partial charge in [0.05, 0.1) is 30.5 Å². The molecule has 5 aliphatic heterocycles. The fraction of sp³-hybridized carbons (Fsp3) is 0.826. The Labute approximate surface area is 535 Å². The van der Waals surface area contributed by atoms with Crippen molar-refractivity contribution in [1.82, 2.24) is 0 Å². The molecule has 5 aliphatic rings. The third kappa shape index (κ3) is 24.0. The van der Waals surface area contributed by atoms with Gasteiger partial charge in [-0.2, -0.15) is 0 Å².